The Kier molecular flexibility index (Phi) is 9.53. The van der Waals surface area contributed by atoms with Crippen LogP contribution < -0.4 is 0 Å². The highest BCUT2D eigenvalue weighted by atomic mass is 16.1. The standard InChI is InChI=1S/C32H40O4/c1-6-9-25(26(7-2)30(35)16-21(5)33)17-22-18-28-27(15-10-20(4)32(28)31(36)19-22)23-11-13-24(14-12-23)29(34)8-3/h10-15,22,25-26H,6-9,16-19H2,1-5H3. The SMILES string of the molecule is CCCC(CC1CC(=O)c2c(C)ccc(-c3ccc(C(=O)CC)cc3)c2C1)C(CC)C(=O)CC(C)=O. The first kappa shape index (κ1) is 27.7. The van der Waals surface area contributed by atoms with Gasteiger partial charge in [-0.3, -0.25) is 19.2 Å². The second-order valence-electron chi connectivity index (χ2n) is 10.5. The first-order valence-corrected chi connectivity index (χ1v) is 13.5. The van der Waals surface area contributed by atoms with Gasteiger partial charge in [0.2, 0.25) is 0 Å². The zero-order chi connectivity index (χ0) is 26.4. The number of aryl methyl sites for hydroxylation is 1. The Hall–Kier alpha value is -2.88. The van der Waals surface area contributed by atoms with E-state index in [4.69, 9.17) is 0 Å². The molecule has 2 aromatic rings. The van der Waals surface area contributed by atoms with Crippen LogP contribution in [0.2, 0.25) is 0 Å². The first-order chi connectivity index (χ1) is 17.2. The average Bonchev–Trinajstić information content (AvgIpc) is 2.84. The van der Waals surface area contributed by atoms with E-state index in [-0.39, 0.29) is 47.3 Å². The predicted octanol–water partition coefficient (Wildman–Crippen LogP) is 7.38. The summed E-state index contributed by atoms with van der Waals surface area (Å²) in [6.45, 7) is 9.49. The van der Waals surface area contributed by atoms with E-state index >= 15 is 0 Å². The second-order valence-corrected chi connectivity index (χ2v) is 10.5. The van der Waals surface area contributed by atoms with Crippen molar-refractivity contribution in [3.05, 3.63) is 58.7 Å². The molecule has 0 amide bonds. The maximum atomic E-state index is 13.4. The van der Waals surface area contributed by atoms with E-state index in [2.05, 4.69) is 13.0 Å². The Balaban J connectivity index is 1.92. The van der Waals surface area contributed by atoms with Crippen LogP contribution in [-0.4, -0.2) is 23.1 Å². The van der Waals surface area contributed by atoms with Gasteiger partial charge in [0.05, 0.1) is 6.42 Å². The summed E-state index contributed by atoms with van der Waals surface area (Å²) in [7, 11) is 0. The van der Waals surface area contributed by atoms with Gasteiger partial charge in [0.15, 0.2) is 11.6 Å². The molecule has 0 aliphatic heterocycles. The number of carbonyl (C=O) groups excluding carboxylic acids is 4. The molecule has 192 valence electrons. The highest BCUT2D eigenvalue weighted by Gasteiger charge is 2.34. The molecule has 3 rings (SSSR count). The van der Waals surface area contributed by atoms with E-state index in [1.165, 1.54) is 6.92 Å². The molecule has 4 nitrogen and oxygen atoms in total. The van der Waals surface area contributed by atoms with Gasteiger partial charge >= 0.3 is 0 Å². The molecule has 0 aromatic heterocycles. The van der Waals surface area contributed by atoms with Crippen LogP contribution in [0.1, 0.15) is 104 Å². The molecular weight excluding hydrogens is 448 g/mol. The molecule has 3 unspecified atom stereocenters. The minimum Gasteiger partial charge on any atom is -0.300 e. The van der Waals surface area contributed by atoms with Crippen molar-refractivity contribution in [2.24, 2.45) is 17.8 Å². The number of carbonyl (C=O) groups is 4. The molecular formula is C32H40O4. The van der Waals surface area contributed by atoms with Crippen molar-refractivity contribution in [3.63, 3.8) is 0 Å². The van der Waals surface area contributed by atoms with Gasteiger partial charge in [-0.25, -0.2) is 0 Å². The van der Waals surface area contributed by atoms with E-state index < -0.39 is 0 Å². The molecule has 0 fully saturated rings. The lowest BCUT2D eigenvalue weighted by Gasteiger charge is -2.32. The Labute approximate surface area is 215 Å². The summed E-state index contributed by atoms with van der Waals surface area (Å²) < 4.78 is 0. The van der Waals surface area contributed by atoms with Crippen molar-refractivity contribution in [2.45, 2.75) is 86.0 Å². The number of rotatable bonds is 12. The second kappa shape index (κ2) is 12.4. The van der Waals surface area contributed by atoms with Gasteiger partial charge in [0.25, 0.3) is 0 Å². The van der Waals surface area contributed by atoms with E-state index in [0.717, 1.165) is 59.9 Å². The molecule has 4 heteroatoms. The zero-order valence-corrected chi connectivity index (χ0v) is 22.5. The molecule has 0 bridgehead atoms. The molecule has 0 spiro atoms. The number of hydrogen-bond acceptors (Lipinski definition) is 4. The topological polar surface area (TPSA) is 68.3 Å². The molecule has 36 heavy (non-hydrogen) atoms. The number of fused-ring (bicyclic) bond motifs is 1. The molecule has 1 aliphatic carbocycles. The third kappa shape index (κ3) is 6.27. The summed E-state index contributed by atoms with van der Waals surface area (Å²) in [5, 5.41) is 0. The van der Waals surface area contributed by atoms with E-state index in [1.54, 1.807) is 0 Å². The summed E-state index contributed by atoms with van der Waals surface area (Å²) in [6, 6.07) is 11.8. The molecule has 3 atom stereocenters. The zero-order valence-electron chi connectivity index (χ0n) is 22.5. The van der Waals surface area contributed by atoms with Gasteiger partial charge in [-0.2, -0.15) is 0 Å². The quantitative estimate of drug-likeness (QED) is 0.231. The lowest BCUT2D eigenvalue weighted by Crippen LogP contribution is -2.30. The lowest BCUT2D eigenvalue weighted by molar-refractivity contribution is -0.129. The minimum absolute atomic E-state index is 0.00498. The van der Waals surface area contributed by atoms with Crippen LogP contribution in [0.5, 0.6) is 0 Å². The van der Waals surface area contributed by atoms with Crippen molar-refractivity contribution in [1.82, 2.24) is 0 Å². The van der Waals surface area contributed by atoms with Crippen LogP contribution in [-0.2, 0) is 16.0 Å². The Morgan fingerprint density at radius 3 is 2.25 bits per heavy atom. The monoisotopic (exact) mass is 488 g/mol. The largest absolute Gasteiger partial charge is 0.300 e. The molecule has 0 saturated heterocycles. The van der Waals surface area contributed by atoms with Crippen molar-refractivity contribution in [3.8, 4) is 11.1 Å². The Morgan fingerprint density at radius 1 is 0.972 bits per heavy atom. The third-order valence-electron chi connectivity index (χ3n) is 7.75. The fraction of sp³-hybridized carbons (Fsp3) is 0.500. The summed E-state index contributed by atoms with van der Waals surface area (Å²) in [5.41, 5.74) is 5.70. The van der Waals surface area contributed by atoms with Crippen LogP contribution in [0.25, 0.3) is 11.1 Å². The summed E-state index contributed by atoms with van der Waals surface area (Å²) in [4.78, 5) is 50.0. The van der Waals surface area contributed by atoms with Gasteiger partial charge in [0.1, 0.15) is 11.6 Å². The highest BCUT2D eigenvalue weighted by Crippen LogP contribution is 2.40. The van der Waals surface area contributed by atoms with Crippen molar-refractivity contribution >= 4 is 23.1 Å². The van der Waals surface area contributed by atoms with Crippen molar-refractivity contribution in [1.29, 1.82) is 0 Å². The molecule has 0 heterocycles. The van der Waals surface area contributed by atoms with Crippen LogP contribution in [0, 0.1) is 24.7 Å². The number of ketones is 4. The van der Waals surface area contributed by atoms with Crippen molar-refractivity contribution in [2.75, 3.05) is 0 Å². The van der Waals surface area contributed by atoms with E-state index in [0.29, 0.717) is 18.4 Å². The molecule has 0 saturated carbocycles. The summed E-state index contributed by atoms with van der Waals surface area (Å²) >= 11 is 0. The van der Waals surface area contributed by atoms with Crippen molar-refractivity contribution < 1.29 is 19.2 Å². The predicted molar refractivity (Wildman–Crippen MR) is 144 cm³/mol. The molecule has 1 aliphatic rings. The Morgan fingerprint density at radius 2 is 1.67 bits per heavy atom. The Bertz CT molecular complexity index is 1130. The van der Waals surface area contributed by atoms with Crippen LogP contribution in [0.15, 0.2) is 36.4 Å². The highest BCUT2D eigenvalue weighted by molar-refractivity contribution is 6.02. The summed E-state index contributed by atoms with van der Waals surface area (Å²) in [5.74, 6) is 0.477. The fourth-order valence-electron chi connectivity index (χ4n) is 6.05. The fourth-order valence-corrected chi connectivity index (χ4v) is 6.05. The minimum atomic E-state index is -0.133. The lowest BCUT2D eigenvalue weighted by atomic mass is 9.71. The van der Waals surface area contributed by atoms with E-state index in [9.17, 15) is 19.2 Å². The smallest absolute Gasteiger partial charge is 0.163 e. The molecule has 0 radical (unpaired) electrons. The van der Waals surface area contributed by atoms with Crippen LogP contribution in [0.4, 0.5) is 0 Å². The summed E-state index contributed by atoms with van der Waals surface area (Å²) in [6.07, 6.45) is 5.21. The maximum absolute atomic E-state index is 13.4. The average molecular weight is 489 g/mol. The molecule has 2 aromatic carbocycles. The van der Waals surface area contributed by atoms with Gasteiger partial charge in [0, 0.05) is 29.9 Å². The normalized spacial score (nSPS) is 16.8. The first-order valence-electron chi connectivity index (χ1n) is 13.5. The maximum Gasteiger partial charge on any atom is 0.163 e. The van der Waals surface area contributed by atoms with Gasteiger partial charge in [-0.1, -0.05) is 70.0 Å². The van der Waals surface area contributed by atoms with Gasteiger partial charge < -0.3 is 0 Å². The van der Waals surface area contributed by atoms with E-state index in [1.807, 2.05) is 51.1 Å². The number of Topliss-reactive ketones (excluding diaryl/α,β-unsaturated/α-hetero) is 4. The van der Waals surface area contributed by atoms with Crippen LogP contribution >= 0.6 is 0 Å². The molecule has 0 N–H and O–H groups in total. The number of benzene rings is 2. The van der Waals surface area contributed by atoms with Gasteiger partial charge in [-0.15, -0.1) is 0 Å². The van der Waals surface area contributed by atoms with Crippen LogP contribution in [0.3, 0.4) is 0 Å². The van der Waals surface area contributed by atoms with Gasteiger partial charge in [-0.05, 0) is 67.2 Å². The number of hydrogen-bond donors (Lipinski definition) is 0. The third-order valence-corrected chi connectivity index (χ3v) is 7.75.